The monoisotopic (exact) mass is 963 g/mol. The molecule has 6 rings (SSSR count). The number of methoxy groups -OCH3 is 1. The number of nitrogens with one attached hydrogen (secondary N) is 2. The van der Waals surface area contributed by atoms with Crippen molar-refractivity contribution in [2.45, 2.75) is 141 Å². The Morgan fingerprint density at radius 2 is 1.83 bits per heavy atom. The lowest BCUT2D eigenvalue weighted by atomic mass is 9.45. The zero-order valence-electron chi connectivity index (χ0n) is 43.3. The Morgan fingerprint density at radius 1 is 1.06 bits per heavy atom. The molecule has 7 N–H and O–H groups in total. The van der Waals surface area contributed by atoms with E-state index in [9.17, 15) is 30.3 Å². The van der Waals surface area contributed by atoms with Gasteiger partial charge in [-0.2, -0.15) is 0 Å². The fourth-order valence-electron chi connectivity index (χ4n) is 12.9. The van der Waals surface area contributed by atoms with Crippen molar-refractivity contribution < 1.29 is 39.8 Å². The first kappa shape index (κ1) is 55.5. The van der Waals surface area contributed by atoms with Gasteiger partial charge in [0, 0.05) is 49.5 Å². The van der Waals surface area contributed by atoms with Crippen LogP contribution in [0.1, 0.15) is 115 Å². The van der Waals surface area contributed by atoms with Crippen LogP contribution in [-0.4, -0.2) is 102 Å². The van der Waals surface area contributed by atoms with Gasteiger partial charge in [-0.05, 0) is 162 Å². The van der Waals surface area contributed by atoms with Crippen molar-refractivity contribution in [1.82, 2.24) is 10.6 Å². The zero-order valence-corrected chi connectivity index (χ0v) is 43.3. The van der Waals surface area contributed by atoms with Crippen LogP contribution in [-0.2, 0) is 27.1 Å². The molecule has 0 saturated heterocycles. The van der Waals surface area contributed by atoms with E-state index in [4.69, 9.17) is 16.1 Å². The number of allylic oxidation sites excluding steroid dienone is 9. The molecule has 2 saturated carbocycles. The zero-order chi connectivity index (χ0) is 50.6. The lowest BCUT2D eigenvalue weighted by Crippen LogP contribution is -2.65. The first-order chi connectivity index (χ1) is 33.5. The van der Waals surface area contributed by atoms with E-state index >= 15 is 0 Å². The van der Waals surface area contributed by atoms with Crippen LogP contribution in [0.15, 0.2) is 125 Å². The van der Waals surface area contributed by atoms with Crippen LogP contribution >= 0.6 is 0 Å². The quantitative estimate of drug-likeness (QED) is 0.0212. The van der Waals surface area contributed by atoms with Crippen LogP contribution in [0.4, 0.5) is 0 Å². The topological polar surface area (TPSA) is 161 Å². The maximum atomic E-state index is 13.2. The van der Waals surface area contributed by atoms with Crippen LogP contribution in [0.3, 0.4) is 0 Å². The SMILES string of the molecule is C=C(C=CC=C(COC(O)CC(C)C)C1CCC2(C1O)C1C(=C(C)C=O)C(C=CC1CCO)CC2(O)CCNC)C1CC=C(C)C(O)NC(C)(CCOC)Cc2cccc(c2)C1CCc1ccccc1. The number of hydrogen-bond acceptors (Lipinski definition) is 10. The number of ether oxygens (including phenoxy) is 2. The molecule has 70 heavy (non-hydrogen) atoms. The maximum Gasteiger partial charge on any atom is 0.155 e. The summed E-state index contributed by atoms with van der Waals surface area (Å²) in [4.78, 5) is 12.6. The number of aliphatic hydroxyl groups is 5. The van der Waals surface area contributed by atoms with E-state index in [1.807, 2.05) is 53.0 Å². The van der Waals surface area contributed by atoms with Gasteiger partial charge in [0.15, 0.2) is 6.29 Å². The molecule has 4 aliphatic rings. The number of fused-ring (bicyclic) bond motifs is 5. The molecule has 2 aromatic rings. The van der Waals surface area contributed by atoms with E-state index in [-0.39, 0.29) is 48.7 Å². The van der Waals surface area contributed by atoms with Crippen LogP contribution in [0.2, 0.25) is 0 Å². The summed E-state index contributed by atoms with van der Waals surface area (Å²) in [6.07, 6.45) is 17.1. The van der Waals surface area contributed by atoms with Crippen LogP contribution in [0, 0.1) is 40.9 Å². The van der Waals surface area contributed by atoms with E-state index < -0.39 is 41.1 Å². The Morgan fingerprint density at radius 3 is 2.53 bits per heavy atom. The fourth-order valence-corrected chi connectivity index (χ4v) is 12.9. The second kappa shape index (κ2) is 25.2. The minimum absolute atomic E-state index is 0.0376. The van der Waals surface area contributed by atoms with E-state index in [2.05, 4.69) is 90.4 Å². The molecule has 384 valence electrons. The maximum absolute atomic E-state index is 13.2. The largest absolute Gasteiger partial charge is 0.396 e. The number of aliphatic hydroxyl groups excluding tert-OH is 4. The number of aryl methyl sites for hydroxylation is 1. The summed E-state index contributed by atoms with van der Waals surface area (Å²) < 4.78 is 11.7. The Bertz CT molecular complexity index is 2200. The predicted molar refractivity (Wildman–Crippen MR) is 281 cm³/mol. The van der Waals surface area contributed by atoms with Gasteiger partial charge in [-0.1, -0.05) is 123 Å². The van der Waals surface area contributed by atoms with E-state index in [0.717, 1.165) is 47.8 Å². The highest BCUT2D eigenvalue weighted by molar-refractivity contribution is 5.74. The number of carbonyl (C=O) groups is 1. The van der Waals surface area contributed by atoms with Crippen molar-refractivity contribution in [2.24, 2.45) is 40.9 Å². The van der Waals surface area contributed by atoms with Gasteiger partial charge in [0.25, 0.3) is 0 Å². The third-order valence-corrected chi connectivity index (χ3v) is 16.6. The van der Waals surface area contributed by atoms with Gasteiger partial charge in [-0.25, -0.2) is 0 Å². The molecule has 4 bridgehead atoms. The van der Waals surface area contributed by atoms with Crippen molar-refractivity contribution in [1.29, 1.82) is 0 Å². The molecule has 10 heteroatoms. The average molecular weight is 963 g/mol. The minimum atomic E-state index is -1.28. The van der Waals surface area contributed by atoms with Gasteiger partial charge in [-0.3, -0.25) is 10.1 Å². The molecule has 10 nitrogen and oxygen atoms in total. The van der Waals surface area contributed by atoms with Gasteiger partial charge in [0.05, 0.1) is 18.3 Å². The summed E-state index contributed by atoms with van der Waals surface area (Å²) in [5.74, 6) is -0.885. The summed E-state index contributed by atoms with van der Waals surface area (Å²) in [5.41, 5.74) is 5.15. The van der Waals surface area contributed by atoms with Crippen LogP contribution in [0.5, 0.6) is 0 Å². The van der Waals surface area contributed by atoms with Gasteiger partial charge in [0.2, 0.25) is 0 Å². The molecule has 3 aliphatic carbocycles. The highest BCUT2D eigenvalue weighted by atomic mass is 16.6. The molecule has 0 radical (unpaired) electrons. The first-order valence-corrected chi connectivity index (χ1v) is 26.1. The summed E-state index contributed by atoms with van der Waals surface area (Å²) in [5, 5.41) is 66.2. The normalized spacial score (nSPS) is 32.7. The molecule has 1 heterocycles. The van der Waals surface area contributed by atoms with E-state index in [1.165, 1.54) is 16.7 Å². The molecule has 12 atom stereocenters. The van der Waals surface area contributed by atoms with E-state index in [1.54, 1.807) is 7.11 Å². The molecule has 1 aliphatic heterocycles. The van der Waals surface area contributed by atoms with Crippen molar-refractivity contribution in [3.8, 4) is 0 Å². The number of carbonyl (C=O) groups excluding carboxylic acids is 1. The Labute approximate surface area is 419 Å². The molecule has 12 unspecified atom stereocenters. The fraction of sp³-hybridized carbons (Fsp3) is 0.583. The first-order valence-electron chi connectivity index (χ1n) is 26.1. The summed E-state index contributed by atoms with van der Waals surface area (Å²) in [6, 6.07) is 19.5. The van der Waals surface area contributed by atoms with Crippen molar-refractivity contribution >= 4 is 6.29 Å². The smallest absolute Gasteiger partial charge is 0.155 e. The number of rotatable bonds is 21. The molecule has 0 aromatic heterocycles. The highest BCUT2D eigenvalue weighted by Crippen LogP contribution is 2.67. The van der Waals surface area contributed by atoms with E-state index in [0.29, 0.717) is 70.1 Å². The molecular weight excluding hydrogens is 877 g/mol. The van der Waals surface area contributed by atoms with Gasteiger partial charge in [0.1, 0.15) is 12.5 Å². The number of aldehydes is 1. The number of benzene rings is 2. The summed E-state index contributed by atoms with van der Waals surface area (Å²) in [7, 11) is 3.58. The lowest BCUT2D eigenvalue weighted by molar-refractivity contribution is -0.194. The van der Waals surface area contributed by atoms with Gasteiger partial charge >= 0.3 is 0 Å². The Kier molecular flexibility index (Phi) is 20.0. The Hall–Kier alpha value is -3.81. The number of hydrogen-bond donors (Lipinski definition) is 7. The van der Waals surface area contributed by atoms with Crippen molar-refractivity contribution in [3.05, 3.63) is 142 Å². The average Bonchev–Trinajstić information content (AvgIpc) is 3.68. The Balaban J connectivity index is 1.41. The molecule has 1 spiro atoms. The minimum Gasteiger partial charge on any atom is -0.396 e. The molecule has 2 fully saturated rings. The molecular formula is C60H86N2O8. The second-order valence-corrected chi connectivity index (χ2v) is 21.9. The molecule has 0 amide bonds. The van der Waals surface area contributed by atoms with Crippen molar-refractivity contribution in [3.63, 3.8) is 0 Å². The second-order valence-electron chi connectivity index (χ2n) is 21.9. The van der Waals surface area contributed by atoms with Gasteiger partial charge in [-0.15, -0.1) is 0 Å². The third kappa shape index (κ3) is 12.9. The highest BCUT2D eigenvalue weighted by Gasteiger charge is 2.68. The summed E-state index contributed by atoms with van der Waals surface area (Å²) in [6.45, 7) is 16.0. The van der Waals surface area contributed by atoms with Crippen molar-refractivity contribution in [2.75, 3.05) is 40.5 Å². The standard InChI is InChI=1S/C60H86N2O8/c1-40(2)34-53(65)70-39-49(52-26-28-60(56(52)66)55-46(27-32-63)22-23-48(54(55)43(5)38-64)37-59(60,68)29-31-61-7)19-12-14-41(3)50-24-20-42(4)57(67)62-58(6,30-33-69-8)36-45-17-13-18-47(35-45)51(50)25-21-44-15-10-9-11-16-44/h9-20,22-23,35,38,40,46,48,50-53,55-57,61-63,65-68H,3,21,24-34,36-37,39H2,1-2,4-8H3. The summed E-state index contributed by atoms with van der Waals surface area (Å²) >= 11 is 0. The lowest BCUT2D eigenvalue weighted by Gasteiger charge is -2.61. The third-order valence-electron chi connectivity index (χ3n) is 16.6. The van der Waals surface area contributed by atoms with Crippen LogP contribution < -0.4 is 10.6 Å². The predicted octanol–water partition coefficient (Wildman–Crippen LogP) is 8.85. The van der Waals surface area contributed by atoms with Gasteiger partial charge < -0.3 is 40.3 Å². The molecule has 2 aromatic carbocycles. The van der Waals surface area contributed by atoms with Crippen LogP contribution in [0.25, 0.3) is 0 Å².